The van der Waals surface area contributed by atoms with E-state index in [2.05, 4.69) is 192 Å². The van der Waals surface area contributed by atoms with Crippen LogP contribution in [0, 0.1) is 12.1 Å². The second-order valence-electron chi connectivity index (χ2n) is 18.8. The Balaban J connectivity index is 0.00000511. The van der Waals surface area contributed by atoms with Gasteiger partial charge in [-0.05, 0) is 121 Å². The molecule has 0 aliphatic rings. The van der Waals surface area contributed by atoms with Gasteiger partial charge in [-0.2, -0.15) is 6.07 Å². The van der Waals surface area contributed by atoms with Gasteiger partial charge in [-0.1, -0.05) is 151 Å². The summed E-state index contributed by atoms with van der Waals surface area (Å²) in [6, 6.07) is 57.5. The molecule has 0 unspecified atom stereocenters. The topological polar surface area (TPSA) is 44.3 Å². The first-order valence-corrected chi connectivity index (χ1v) is 23.1. The van der Waals surface area contributed by atoms with Crippen LogP contribution >= 0.6 is 0 Å². The van der Waals surface area contributed by atoms with Gasteiger partial charge in [0.2, 0.25) is 0 Å². The largest absolute Gasteiger partial charge is 2.00 e. The first kappa shape index (κ1) is 43.3. The van der Waals surface area contributed by atoms with Crippen molar-refractivity contribution >= 4 is 60.2 Å². The Morgan fingerprint density at radius 1 is 0.515 bits per heavy atom. The van der Waals surface area contributed by atoms with Crippen molar-refractivity contribution in [1.29, 1.82) is 0 Å². The molecular weight excluding hydrogens is 899 g/mol. The van der Waals surface area contributed by atoms with E-state index in [9.17, 15) is 0 Å². The van der Waals surface area contributed by atoms with E-state index in [1.54, 1.807) is 0 Å². The van der Waals surface area contributed by atoms with Crippen LogP contribution in [0.2, 0.25) is 0 Å². The molecule has 4 aromatic heterocycles. The van der Waals surface area contributed by atoms with Crippen LogP contribution < -0.4 is 4.74 Å². The molecule has 0 saturated carbocycles. The molecule has 0 aliphatic carbocycles. The Morgan fingerprint density at radius 2 is 1.11 bits per heavy atom. The summed E-state index contributed by atoms with van der Waals surface area (Å²) in [6.45, 7) is 18.5. The normalized spacial score (nSPS) is 12.1. The summed E-state index contributed by atoms with van der Waals surface area (Å²) in [5, 5.41) is 5.39. The van der Waals surface area contributed by atoms with Crippen LogP contribution in [0.3, 0.4) is 0 Å². The third-order valence-electron chi connectivity index (χ3n) is 13.3. The summed E-state index contributed by atoms with van der Waals surface area (Å²) < 4.78 is 11.3. The Labute approximate surface area is 400 Å². The molecule has 4 heterocycles. The van der Waals surface area contributed by atoms with E-state index >= 15 is 0 Å². The summed E-state index contributed by atoms with van der Waals surface area (Å²) in [4.78, 5) is 10.1. The first-order chi connectivity index (χ1) is 31.6. The number of fused-ring (bicyclic) bond motifs is 11. The zero-order chi connectivity index (χ0) is 44.7. The fourth-order valence-electron chi connectivity index (χ4n) is 10.3. The van der Waals surface area contributed by atoms with Crippen molar-refractivity contribution in [3.8, 4) is 39.6 Å². The monoisotopic (exact) mass is 950 g/mol. The number of hydrogen-bond donors (Lipinski definition) is 0. The van der Waals surface area contributed by atoms with Crippen molar-refractivity contribution in [3.05, 3.63) is 180 Å². The fourth-order valence-corrected chi connectivity index (χ4v) is 10.3. The van der Waals surface area contributed by atoms with Crippen molar-refractivity contribution in [2.45, 2.75) is 79.1 Å². The molecular formula is C60H52N4OPd. The van der Waals surface area contributed by atoms with Gasteiger partial charge in [0.15, 0.2) is 0 Å². The fraction of sp³-hybridized carbons (Fsp3) is 0.200. The van der Waals surface area contributed by atoms with Gasteiger partial charge in [-0.3, -0.25) is 4.98 Å². The maximum Gasteiger partial charge on any atom is 2.00 e. The number of nitrogens with zero attached hydrogens (tertiary/aromatic N) is 4. The second-order valence-corrected chi connectivity index (χ2v) is 18.8. The van der Waals surface area contributed by atoms with Crippen molar-refractivity contribution in [3.63, 3.8) is 0 Å². The maximum atomic E-state index is 6.80. The molecule has 11 aromatic rings. The molecule has 0 fully saturated rings. The van der Waals surface area contributed by atoms with Crippen LogP contribution in [-0.2, 0) is 20.4 Å². The maximum absolute atomic E-state index is 6.80. The summed E-state index contributed by atoms with van der Waals surface area (Å²) in [7, 11) is 0. The van der Waals surface area contributed by atoms with Crippen LogP contribution in [-0.4, -0.2) is 18.9 Å². The van der Waals surface area contributed by atoms with Crippen molar-refractivity contribution in [2.75, 3.05) is 0 Å². The van der Waals surface area contributed by atoms with Gasteiger partial charge >= 0.3 is 20.4 Å². The molecule has 7 aromatic carbocycles. The van der Waals surface area contributed by atoms with E-state index in [0.717, 1.165) is 60.6 Å². The van der Waals surface area contributed by atoms with Crippen molar-refractivity contribution in [2.24, 2.45) is 0 Å². The molecule has 0 bridgehead atoms. The molecule has 66 heavy (non-hydrogen) atoms. The number of pyridine rings is 2. The number of rotatable bonds is 9. The summed E-state index contributed by atoms with van der Waals surface area (Å²) in [5.74, 6) is 3.31. The van der Waals surface area contributed by atoms with E-state index in [-0.39, 0.29) is 20.4 Å². The zero-order valence-corrected chi connectivity index (χ0v) is 40.2. The average Bonchev–Trinajstić information content (AvgIpc) is 3.87. The molecule has 0 spiro atoms. The Bertz CT molecular complexity index is 3600. The van der Waals surface area contributed by atoms with E-state index < -0.39 is 0 Å². The average molecular weight is 952 g/mol. The van der Waals surface area contributed by atoms with E-state index in [0.29, 0.717) is 35.2 Å². The van der Waals surface area contributed by atoms with E-state index in [4.69, 9.17) is 14.7 Å². The molecule has 328 valence electrons. The predicted molar refractivity (Wildman–Crippen MR) is 271 cm³/mol. The number of benzene rings is 7. The molecule has 6 heteroatoms. The smallest absolute Gasteiger partial charge is 0.503 e. The van der Waals surface area contributed by atoms with Gasteiger partial charge in [0.1, 0.15) is 5.82 Å². The van der Waals surface area contributed by atoms with Crippen molar-refractivity contribution < 1.29 is 25.2 Å². The Kier molecular flexibility index (Phi) is 11.2. The minimum absolute atomic E-state index is 0. The molecule has 0 atom stereocenters. The second kappa shape index (κ2) is 17.0. The number of aromatic nitrogens is 4. The molecule has 0 amide bonds. The minimum atomic E-state index is 0. The van der Waals surface area contributed by atoms with Crippen LogP contribution in [0.4, 0.5) is 0 Å². The van der Waals surface area contributed by atoms with Crippen LogP contribution in [0.5, 0.6) is 11.5 Å². The number of para-hydroxylation sites is 3. The number of ether oxygens (including phenoxy) is 1. The third kappa shape index (κ3) is 7.02. The van der Waals surface area contributed by atoms with Crippen LogP contribution in [0.1, 0.15) is 101 Å². The van der Waals surface area contributed by atoms with Crippen LogP contribution in [0.25, 0.3) is 88.2 Å². The van der Waals surface area contributed by atoms with Gasteiger partial charge < -0.3 is 13.7 Å². The Morgan fingerprint density at radius 3 is 1.76 bits per heavy atom. The third-order valence-corrected chi connectivity index (χ3v) is 13.3. The summed E-state index contributed by atoms with van der Waals surface area (Å²) >= 11 is 0. The zero-order valence-electron chi connectivity index (χ0n) is 38.7. The standard InChI is InChI=1S/C60H52N4O.Pd/c1-35(2)42-18-15-19-43(36(3)4)57(42)39-31-50(58-44(37(5)6)20-16-21-45(58)38(7)8)59-48-29-27-40(33-49(48)60-62-51-22-10-12-24-53(51)64(60)55(59)32-39)65-41-26-28-47-46-17-9-11-23-52(46)63(54(47)34-41)56-25-13-14-30-61-56;/h9-32,35-38H,1-8H3;/q-2;+2. The molecule has 11 rings (SSSR count). The van der Waals surface area contributed by atoms with E-state index in [1.165, 1.54) is 49.9 Å². The van der Waals surface area contributed by atoms with Crippen LogP contribution in [0.15, 0.2) is 146 Å². The first-order valence-electron chi connectivity index (χ1n) is 23.1. The Hall–Kier alpha value is -6.58. The quantitative estimate of drug-likeness (QED) is 0.0823. The van der Waals surface area contributed by atoms with Gasteiger partial charge in [0.25, 0.3) is 0 Å². The van der Waals surface area contributed by atoms with Gasteiger partial charge in [0, 0.05) is 28.7 Å². The van der Waals surface area contributed by atoms with Gasteiger partial charge in [-0.25, -0.2) is 4.98 Å². The predicted octanol–water partition coefficient (Wildman–Crippen LogP) is 16.5. The molecule has 0 saturated heterocycles. The number of hydrogen-bond acceptors (Lipinski definition) is 3. The molecule has 0 radical (unpaired) electrons. The summed E-state index contributed by atoms with van der Waals surface area (Å²) in [5.41, 5.74) is 16.4. The summed E-state index contributed by atoms with van der Waals surface area (Å²) in [6.07, 6.45) is 1.83. The van der Waals surface area contributed by atoms with Crippen molar-refractivity contribution in [1.82, 2.24) is 18.9 Å². The van der Waals surface area contributed by atoms with Gasteiger partial charge in [-0.15, -0.1) is 29.7 Å². The molecule has 0 aliphatic heterocycles. The SMILES string of the molecule is CC(C)c1cccc(C(C)C)c1-c1cc(-c2c(C(C)C)cccc2C(C)C)c2c3ccc(Oc4[c-]c5c(cc4)c4ccccc4n5-c4ccccn4)[c-]c3c3nc4ccccc4n3c2c1.[Pd+2]. The molecule has 5 nitrogen and oxygen atoms in total. The van der Waals surface area contributed by atoms with E-state index in [1.807, 2.05) is 30.5 Å². The minimum Gasteiger partial charge on any atom is -0.503 e. The molecule has 0 N–H and O–H groups in total. The number of imidazole rings is 1. The van der Waals surface area contributed by atoms with Gasteiger partial charge in [0.05, 0.1) is 16.7 Å².